The Morgan fingerprint density at radius 2 is 1.86 bits per heavy atom. The quantitative estimate of drug-likeness (QED) is 0.366. The van der Waals surface area contributed by atoms with E-state index in [1.165, 1.54) is 13.0 Å². The number of hydrogen-bond donors (Lipinski definition) is 2. The second-order valence-electron chi connectivity index (χ2n) is 8.01. The van der Waals surface area contributed by atoms with Crippen LogP contribution in [0.4, 0.5) is 11.6 Å². The first-order chi connectivity index (χ1) is 17.0. The van der Waals surface area contributed by atoms with Gasteiger partial charge in [-0.05, 0) is 42.5 Å². The second-order valence-corrected chi connectivity index (χ2v) is 8.45. The number of nitrogens with zero attached hydrogens (tertiary/aromatic N) is 4. The molecule has 1 fully saturated rings. The lowest BCUT2D eigenvalue weighted by Crippen LogP contribution is -2.48. The molecule has 182 valence electrons. The molecular weight excluding hydrogens is 468 g/mol. The summed E-state index contributed by atoms with van der Waals surface area (Å²) in [5.74, 6) is 2.51. The van der Waals surface area contributed by atoms with E-state index >= 15 is 0 Å². The highest BCUT2D eigenvalue weighted by molar-refractivity contribution is 6.30. The zero-order valence-corrected chi connectivity index (χ0v) is 20.2. The van der Waals surface area contributed by atoms with Crippen LogP contribution in [0.3, 0.4) is 0 Å². The largest absolute Gasteiger partial charge is 0.465 e. The number of aromatic nitrogens is 2. The molecule has 2 aromatic heterocycles. The summed E-state index contributed by atoms with van der Waals surface area (Å²) in [6.45, 7) is 4.93. The molecule has 9 nitrogen and oxygen atoms in total. The van der Waals surface area contributed by atoms with Gasteiger partial charge in [0, 0.05) is 68.9 Å². The maximum atomic E-state index is 12.6. The van der Waals surface area contributed by atoms with E-state index in [0.29, 0.717) is 61.7 Å². The molecular formula is C25H27ClN6O3. The highest BCUT2D eigenvalue weighted by atomic mass is 35.5. The predicted octanol–water partition coefficient (Wildman–Crippen LogP) is 3.30. The molecule has 0 bridgehead atoms. The van der Waals surface area contributed by atoms with Crippen molar-refractivity contribution in [1.82, 2.24) is 20.2 Å². The van der Waals surface area contributed by atoms with E-state index in [2.05, 4.69) is 20.5 Å². The number of furan rings is 1. The number of benzene rings is 1. The molecule has 3 aromatic rings. The van der Waals surface area contributed by atoms with Gasteiger partial charge in [0.05, 0.1) is 6.26 Å². The van der Waals surface area contributed by atoms with Crippen molar-refractivity contribution in [3.63, 3.8) is 0 Å². The van der Waals surface area contributed by atoms with Gasteiger partial charge in [0.1, 0.15) is 17.4 Å². The van der Waals surface area contributed by atoms with Gasteiger partial charge in [-0.25, -0.2) is 9.97 Å². The van der Waals surface area contributed by atoms with Gasteiger partial charge in [-0.3, -0.25) is 9.59 Å². The lowest BCUT2D eigenvalue weighted by molar-refractivity contribution is -0.126. The smallest absolute Gasteiger partial charge is 0.246 e. The third-order valence-corrected chi connectivity index (χ3v) is 5.72. The van der Waals surface area contributed by atoms with Gasteiger partial charge in [0.25, 0.3) is 0 Å². The van der Waals surface area contributed by atoms with Gasteiger partial charge in [0.15, 0.2) is 5.82 Å². The summed E-state index contributed by atoms with van der Waals surface area (Å²) in [4.78, 5) is 37.1. The Kier molecular flexibility index (Phi) is 7.99. The first-order valence-electron chi connectivity index (χ1n) is 11.4. The van der Waals surface area contributed by atoms with E-state index in [1.807, 2.05) is 23.1 Å². The van der Waals surface area contributed by atoms with Gasteiger partial charge in [-0.15, -0.1) is 0 Å². The summed E-state index contributed by atoms with van der Waals surface area (Å²) < 4.78 is 5.24. The number of amides is 2. The molecule has 10 heteroatoms. The molecule has 0 aliphatic carbocycles. The van der Waals surface area contributed by atoms with Gasteiger partial charge in [0.2, 0.25) is 11.8 Å². The van der Waals surface area contributed by atoms with Gasteiger partial charge < -0.3 is 24.9 Å². The number of halogens is 1. The van der Waals surface area contributed by atoms with Crippen LogP contribution in [0.5, 0.6) is 0 Å². The van der Waals surface area contributed by atoms with Crippen molar-refractivity contribution in [2.24, 2.45) is 0 Å². The van der Waals surface area contributed by atoms with Crippen LogP contribution in [0.15, 0.2) is 59.2 Å². The molecule has 1 aliphatic heterocycles. The third kappa shape index (κ3) is 6.83. The Hall–Kier alpha value is -3.85. The third-order valence-electron chi connectivity index (χ3n) is 5.47. The Bertz CT molecular complexity index is 1170. The van der Waals surface area contributed by atoms with Crippen LogP contribution in [0.1, 0.15) is 12.7 Å². The SMILES string of the molecule is CC(=O)NCCNc1cc(N2CCN(C(=O)/C=C/c3ccco3)CC2)nc(-c2ccc(Cl)cc2)n1. The summed E-state index contributed by atoms with van der Waals surface area (Å²) in [7, 11) is 0. The summed E-state index contributed by atoms with van der Waals surface area (Å²) in [6.07, 6.45) is 4.79. The number of hydrogen-bond acceptors (Lipinski definition) is 7. The van der Waals surface area contributed by atoms with Gasteiger partial charge in [-0.2, -0.15) is 0 Å². The first-order valence-corrected chi connectivity index (χ1v) is 11.7. The van der Waals surface area contributed by atoms with Crippen LogP contribution >= 0.6 is 11.6 Å². The van der Waals surface area contributed by atoms with Crippen LogP contribution in [0, 0.1) is 0 Å². The minimum Gasteiger partial charge on any atom is -0.465 e. The molecule has 1 saturated heterocycles. The molecule has 0 saturated carbocycles. The molecule has 0 unspecified atom stereocenters. The van der Waals surface area contributed by atoms with Crippen molar-refractivity contribution in [3.8, 4) is 11.4 Å². The second kappa shape index (κ2) is 11.5. The van der Waals surface area contributed by atoms with Crippen molar-refractivity contribution < 1.29 is 14.0 Å². The Morgan fingerprint density at radius 1 is 1.09 bits per heavy atom. The van der Waals surface area contributed by atoms with E-state index in [-0.39, 0.29) is 11.8 Å². The monoisotopic (exact) mass is 494 g/mol. The molecule has 4 rings (SSSR count). The van der Waals surface area contributed by atoms with Crippen molar-refractivity contribution in [1.29, 1.82) is 0 Å². The number of carbonyl (C=O) groups is 2. The number of anilines is 2. The topological polar surface area (TPSA) is 104 Å². The van der Waals surface area contributed by atoms with Crippen LogP contribution in [-0.4, -0.2) is 66.0 Å². The van der Waals surface area contributed by atoms with E-state index < -0.39 is 0 Å². The zero-order valence-electron chi connectivity index (χ0n) is 19.4. The van der Waals surface area contributed by atoms with E-state index in [0.717, 1.165) is 11.4 Å². The molecule has 2 amide bonds. The summed E-state index contributed by atoms with van der Waals surface area (Å²) in [6, 6.07) is 12.8. The van der Waals surface area contributed by atoms with E-state index in [1.54, 1.807) is 36.6 Å². The van der Waals surface area contributed by atoms with Crippen molar-refractivity contribution in [2.75, 3.05) is 49.5 Å². The first kappa shape index (κ1) is 24.3. The lowest BCUT2D eigenvalue weighted by atomic mass is 10.2. The fourth-order valence-electron chi connectivity index (χ4n) is 3.65. The molecule has 0 spiro atoms. The Labute approximate surface area is 208 Å². The average molecular weight is 495 g/mol. The van der Waals surface area contributed by atoms with Gasteiger partial charge >= 0.3 is 0 Å². The van der Waals surface area contributed by atoms with Crippen LogP contribution in [-0.2, 0) is 9.59 Å². The highest BCUT2D eigenvalue weighted by Crippen LogP contribution is 2.24. The van der Waals surface area contributed by atoms with E-state index in [4.69, 9.17) is 21.0 Å². The normalized spacial score (nSPS) is 13.8. The molecule has 35 heavy (non-hydrogen) atoms. The Balaban J connectivity index is 1.46. The molecule has 0 radical (unpaired) electrons. The molecule has 3 heterocycles. The summed E-state index contributed by atoms with van der Waals surface area (Å²) in [5.41, 5.74) is 0.845. The highest BCUT2D eigenvalue weighted by Gasteiger charge is 2.22. The maximum Gasteiger partial charge on any atom is 0.246 e. The minimum absolute atomic E-state index is 0.0501. The average Bonchev–Trinajstić information content (AvgIpc) is 3.39. The predicted molar refractivity (Wildman–Crippen MR) is 136 cm³/mol. The van der Waals surface area contributed by atoms with E-state index in [9.17, 15) is 9.59 Å². The van der Waals surface area contributed by atoms with Crippen molar-refractivity contribution in [3.05, 3.63) is 65.6 Å². The van der Waals surface area contributed by atoms with Crippen LogP contribution < -0.4 is 15.5 Å². The van der Waals surface area contributed by atoms with Crippen LogP contribution in [0.25, 0.3) is 17.5 Å². The lowest BCUT2D eigenvalue weighted by Gasteiger charge is -2.35. The molecule has 0 atom stereocenters. The molecule has 2 N–H and O–H groups in total. The number of rotatable bonds is 8. The fraction of sp³-hybridized carbons (Fsp3) is 0.280. The number of nitrogens with one attached hydrogen (secondary N) is 2. The fourth-order valence-corrected chi connectivity index (χ4v) is 3.77. The molecule has 1 aromatic carbocycles. The minimum atomic E-state index is -0.0801. The summed E-state index contributed by atoms with van der Waals surface area (Å²) in [5, 5.41) is 6.66. The number of carbonyl (C=O) groups excluding carboxylic acids is 2. The van der Waals surface area contributed by atoms with Crippen molar-refractivity contribution in [2.45, 2.75) is 6.92 Å². The Morgan fingerprint density at radius 3 is 2.54 bits per heavy atom. The number of piperazine rings is 1. The zero-order chi connectivity index (χ0) is 24.6. The van der Waals surface area contributed by atoms with Gasteiger partial charge in [-0.1, -0.05) is 11.6 Å². The standard InChI is InChI=1S/C25H27ClN6O3/c1-18(33)27-10-11-28-22-17-23(30-25(29-22)19-4-6-20(26)7-5-19)31-12-14-32(15-13-31)24(34)9-8-21-3-2-16-35-21/h2-9,16-17H,10-15H2,1H3,(H,27,33)(H,28,29,30)/b9-8+. The van der Waals surface area contributed by atoms with Crippen LogP contribution in [0.2, 0.25) is 5.02 Å². The molecule has 1 aliphatic rings. The summed E-state index contributed by atoms with van der Waals surface area (Å²) >= 11 is 6.05. The maximum absolute atomic E-state index is 12.6. The van der Waals surface area contributed by atoms with Crippen molar-refractivity contribution >= 4 is 41.1 Å².